The van der Waals surface area contributed by atoms with Crippen molar-refractivity contribution in [3.8, 4) is 0 Å². The summed E-state index contributed by atoms with van der Waals surface area (Å²) in [7, 11) is 0. The second kappa shape index (κ2) is 5.19. The molecule has 108 valence electrons. The molecular formula is C14H15F2NO3. The van der Waals surface area contributed by atoms with E-state index in [4.69, 9.17) is 0 Å². The molecule has 1 aromatic rings. The topological polar surface area (TPSA) is 57.6 Å². The van der Waals surface area contributed by atoms with E-state index in [-0.39, 0.29) is 18.0 Å². The maximum Gasteiger partial charge on any atom is 0.308 e. The summed E-state index contributed by atoms with van der Waals surface area (Å²) < 4.78 is 27.1. The van der Waals surface area contributed by atoms with Gasteiger partial charge in [0.2, 0.25) is 5.91 Å². The van der Waals surface area contributed by atoms with Gasteiger partial charge >= 0.3 is 5.97 Å². The van der Waals surface area contributed by atoms with Gasteiger partial charge in [-0.2, -0.15) is 0 Å². The Hall–Kier alpha value is -1.98. The molecular weight excluding hydrogens is 268 g/mol. The molecule has 1 N–H and O–H groups in total. The summed E-state index contributed by atoms with van der Waals surface area (Å²) in [6.45, 7) is 3.21. The summed E-state index contributed by atoms with van der Waals surface area (Å²) in [5.41, 5.74) is -0.208. The van der Waals surface area contributed by atoms with Crippen molar-refractivity contribution < 1.29 is 23.5 Å². The van der Waals surface area contributed by atoms with Gasteiger partial charge in [-0.1, -0.05) is 6.92 Å². The number of benzene rings is 1. The molecule has 1 saturated heterocycles. The summed E-state index contributed by atoms with van der Waals surface area (Å²) in [5.74, 6) is -4.01. The zero-order valence-corrected chi connectivity index (χ0v) is 11.1. The molecule has 3 atom stereocenters. The van der Waals surface area contributed by atoms with Crippen LogP contribution < -0.4 is 4.90 Å². The molecule has 0 radical (unpaired) electrons. The van der Waals surface area contributed by atoms with Gasteiger partial charge in [0.05, 0.1) is 11.6 Å². The smallest absolute Gasteiger partial charge is 0.308 e. The summed E-state index contributed by atoms with van der Waals surface area (Å²) in [5, 5.41) is 9.25. The summed E-state index contributed by atoms with van der Waals surface area (Å²) in [4.78, 5) is 24.4. The molecule has 1 heterocycles. The van der Waals surface area contributed by atoms with Crippen LogP contribution in [0.25, 0.3) is 0 Å². The van der Waals surface area contributed by atoms with E-state index in [0.717, 1.165) is 23.1 Å². The van der Waals surface area contributed by atoms with Gasteiger partial charge < -0.3 is 10.0 Å². The van der Waals surface area contributed by atoms with E-state index < -0.39 is 35.5 Å². The average Bonchev–Trinajstić information content (AvgIpc) is 2.32. The summed E-state index contributed by atoms with van der Waals surface area (Å²) in [6.07, 6.45) is -0.00272. The molecule has 1 aliphatic rings. The van der Waals surface area contributed by atoms with Crippen molar-refractivity contribution in [1.29, 1.82) is 0 Å². The van der Waals surface area contributed by atoms with Crippen LogP contribution in [-0.2, 0) is 9.59 Å². The number of carbonyl (C=O) groups is 2. The van der Waals surface area contributed by atoms with E-state index in [1.54, 1.807) is 6.92 Å². The number of hydrogen-bond acceptors (Lipinski definition) is 2. The van der Waals surface area contributed by atoms with Gasteiger partial charge in [0, 0.05) is 18.5 Å². The number of carboxylic acid groups (broad SMARTS) is 1. The Bertz CT molecular complexity index is 561. The Morgan fingerprint density at radius 3 is 2.60 bits per heavy atom. The standard InChI is InChI=1S/C14H15F2NO3/c1-7-5-12(18)17(8(2)13(7)14(19)20)11-6-9(15)3-4-10(11)16/h3-4,6-8,13H,5H2,1-2H3,(H,19,20). The summed E-state index contributed by atoms with van der Waals surface area (Å²) in [6, 6.07) is 2.06. The Kier molecular flexibility index (Phi) is 3.74. The van der Waals surface area contributed by atoms with Crippen molar-refractivity contribution >= 4 is 17.6 Å². The minimum atomic E-state index is -1.04. The number of halogens is 2. The molecule has 20 heavy (non-hydrogen) atoms. The third-order valence-electron chi connectivity index (χ3n) is 3.76. The Labute approximate surface area is 115 Å². The number of aliphatic carboxylic acids is 1. The fourth-order valence-electron chi connectivity index (χ4n) is 2.84. The lowest BCUT2D eigenvalue weighted by atomic mass is 9.80. The van der Waals surface area contributed by atoms with Crippen LogP contribution in [0.5, 0.6) is 0 Å². The molecule has 4 nitrogen and oxygen atoms in total. The van der Waals surface area contributed by atoms with E-state index in [0.29, 0.717) is 0 Å². The Morgan fingerprint density at radius 1 is 1.35 bits per heavy atom. The highest BCUT2D eigenvalue weighted by molar-refractivity contribution is 5.96. The lowest BCUT2D eigenvalue weighted by molar-refractivity contribution is -0.146. The molecule has 1 aromatic carbocycles. The Morgan fingerprint density at radius 2 is 2.00 bits per heavy atom. The van der Waals surface area contributed by atoms with Crippen LogP contribution in [0.15, 0.2) is 18.2 Å². The highest BCUT2D eigenvalue weighted by Crippen LogP contribution is 2.35. The van der Waals surface area contributed by atoms with Crippen LogP contribution in [0.3, 0.4) is 0 Å². The lowest BCUT2D eigenvalue weighted by Crippen LogP contribution is -2.53. The van der Waals surface area contributed by atoms with Crippen molar-refractivity contribution in [3.05, 3.63) is 29.8 Å². The molecule has 1 amide bonds. The largest absolute Gasteiger partial charge is 0.481 e. The maximum absolute atomic E-state index is 13.8. The highest BCUT2D eigenvalue weighted by Gasteiger charge is 2.43. The van der Waals surface area contributed by atoms with Gasteiger partial charge in [-0.15, -0.1) is 0 Å². The van der Waals surface area contributed by atoms with Crippen molar-refractivity contribution in [2.45, 2.75) is 26.3 Å². The van der Waals surface area contributed by atoms with Gasteiger partial charge in [0.15, 0.2) is 0 Å². The summed E-state index contributed by atoms with van der Waals surface area (Å²) >= 11 is 0. The first kappa shape index (κ1) is 14.4. The van der Waals surface area contributed by atoms with Crippen molar-refractivity contribution in [2.24, 2.45) is 11.8 Å². The molecule has 0 aliphatic carbocycles. The van der Waals surface area contributed by atoms with E-state index in [9.17, 15) is 23.5 Å². The average molecular weight is 283 g/mol. The molecule has 0 bridgehead atoms. The molecule has 0 saturated carbocycles. The number of piperidine rings is 1. The first-order chi connectivity index (χ1) is 9.32. The number of hydrogen-bond donors (Lipinski definition) is 1. The van der Waals surface area contributed by atoms with Gasteiger partial charge in [0.25, 0.3) is 0 Å². The number of anilines is 1. The van der Waals surface area contributed by atoms with E-state index >= 15 is 0 Å². The third-order valence-corrected chi connectivity index (χ3v) is 3.76. The highest BCUT2D eigenvalue weighted by atomic mass is 19.1. The van der Waals surface area contributed by atoms with Crippen LogP contribution in [0, 0.1) is 23.5 Å². The number of carboxylic acids is 1. The van der Waals surface area contributed by atoms with Crippen LogP contribution in [0.1, 0.15) is 20.3 Å². The van der Waals surface area contributed by atoms with Crippen LogP contribution in [-0.4, -0.2) is 23.0 Å². The second-order valence-electron chi connectivity index (χ2n) is 5.15. The number of amides is 1. The van der Waals surface area contributed by atoms with Gasteiger partial charge in [-0.3, -0.25) is 9.59 Å². The molecule has 6 heteroatoms. The van der Waals surface area contributed by atoms with Gasteiger partial charge in [-0.05, 0) is 25.0 Å². The minimum absolute atomic E-state index is 0.00272. The predicted octanol–water partition coefficient (Wildman–Crippen LogP) is 2.43. The van der Waals surface area contributed by atoms with Gasteiger partial charge in [-0.25, -0.2) is 8.78 Å². The predicted molar refractivity (Wildman–Crippen MR) is 68.2 cm³/mol. The zero-order chi connectivity index (χ0) is 15.0. The van der Waals surface area contributed by atoms with Crippen molar-refractivity contribution in [1.82, 2.24) is 0 Å². The normalized spacial score (nSPS) is 26.7. The quantitative estimate of drug-likeness (QED) is 0.907. The fraction of sp³-hybridized carbons (Fsp3) is 0.429. The molecule has 3 unspecified atom stereocenters. The Balaban J connectivity index is 2.46. The molecule has 1 aliphatic heterocycles. The molecule has 0 aromatic heterocycles. The monoisotopic (exact) mass is 283 g/mol. The molecule has 1 fully saturated rings. The first-order valence-corrected chi connectivity index (χ1v) is 6.33. The van der Waals surface area contributed by atoms with E-state index in [1.807, 2.05) is 0 Å². The zero-order valence-electron chi connectivity index (χ0n) is 11.1. The van der Waals surface area contributed by atoms with Gasteiger partial charge in [0.1, 0.15) is 11.6 Å². The number of rotatable bonds is 2. The van der Waals surface area contributed by atoms with Crippen LogP contribution in [0.2, 0.25) is 0 Å². The number of carbonyl (C=O) groups excluding carboxylic acids is 1. The van der Waals surface area contributed by atoms with Crippen LogP contribution in [0.4, 0.5) is 14.5 Å². The first-order valence-electron chi connectivity index (χ1n) is 6.33. The van der Waals surface area contributed by atoms with Crippen LogP contribution >= 0.6 is 0 Å². The SMILES string of the molecule is CC1CC(=O)N(c2cc(F)ccc2F)C(C)C1C(=O)O. The molecule has 0 spiro atoms. The van der Waals surface area contributed by atoms with E-state index in [1.165, 1.54) is 6.92 Å². The minimum Gasteiger partial charge on any atom is -0.481 e. The maximum atomic E-state index is 13.8. The second-order valence-corrected chi connectivity index (χ2v) is 5.15. The number of nitrogens with zero attached hydrogens (tertiary/aromatic N) is 1. The lowest BCUT2D eigenvalue weighted by Gasteiger charge is -2.40. The van der Waals surface area contributed by atoms with E-state index in [2.05, 4.69) is 0 Å². The molecule has 2 rings (SSSR count). The van der Waals surface area contributed by atoms with Crippen molar-refractivity contribution in [2.75, 3.05) is 4.90 Å². The van der Waals surface area contributed by atoms with Crippen molar-refractivity contribution in [3.63, 3.8) is 0 Å². The third kappa shape index (κ3) is 2.37. The fourth-order valence-corrected chi connectivity index (χ4v) is 2.84.